The molecule has 0 aliphatic carbocycles. The van der Waals surface area contributed by atoms with Gasteiger partial charge in [0.05, 0.1) is 6.54 Å². The van der Waals surface area contributed by atoms with Gasteiger partial charge in [-0.3, -0.25) is 0 Å². The van der Waals surface area contributed by atoms with Crippen molar-refractivity contribution < 1.29 is 0 Å². The molecule has 7 heteroatoms. The van der Waals surface area contributed by atoms with Gasteiger partial charge in [0.25, 0.3) is 0 Å². The van der Waals surface area contributed by atoms with E-state index in [2.05, 4.69) is 49.5 Å². The maximum atomic E-state index is 4.54. The molecule has 1 saturated heterocycles. The van der Waals surface area contributed by atoms with E-state index in [9.17, 15) is 0 Å². The Morgan fingerprint density at radius 3 is 2.57 bits per heavy atom. The summed E-state index contributed by atoms with van der Waals surface area (Å²) in [7, 11) is 1.83. The lowest BCUT2D eigenvalue weighted by molar-refractivity contribution is 0.879. The molecule has 0 radical (unpaired) electrons. The highest BCUT2D eigenvalue weighted by atomic mass is 32.1. The first-order chi connectivity index (χ1) is 10.2. The summed E-state index contributed by atoms with van der Waals surface area (Å²) in [5.41, 5.74) is 0. The van der Waals surface area contributed by atoms with E-state index >= 15 is 0 Å². The average Bonchev–Trinajstić information content (AvgIpc) is 3.16. The molecule has 0 bridgehead atoms. The van der Waals surface area contributed by atoms with Gasteiger partial charge < -0.3 is 15.5 Å². The van der Waals surface area contributed by atoms with Gasteiger partial charge in [-0.2, -0.15) is 15.0 Å². The number of hydrogen-bond acceptors (Lipinski definition) is 7. The molecule has 0 saturated carbocycles. The van der Waals surface area contributed by atoms with E-state index < -0.39 is 0 Å². The van der Waals surface area contributed by atoms with Gasteiger partial charge in [0, 0.05) is 29.9 Å². The predicted molar refractivity (Wildman–Crippen MR) is 87.2 cm³/mol. The van der Waals surface area contributed by atoms with Gasteiger partial charge in [-0.05, 0) is 31.9 Å². The molecule has 2 aromatic rings. The number of nitrogens with one attached hydrogen (secondary N) is 2. The first-order valence-corrected chi connectivity index (χ1v) is 8.04. The van der Waals surface area contributed by atoms with Crippen molar-refractivity contribution >= 4 is 29.2 Å². The fraction of sp³-hybridized carbons (Fsp3) is 0.500. The van der Waals surface area contributed by atoms with Crippen LogP contribution in [0.15, 0.2) is 12.1 Å². The highest BCUT2D eigenvalue weighted by molar-refractivity contribution is 7.11. The molecule has 0 amide bonds. The zero-order valence-corrected chi connectivity index (χ0v) is 13.2. The van der Waals surface area contributed by atoms with E-state index in [1.54, 1.807) is 11.3 Å². The van der Waals surface area contributed by atoms with Crippen LogP contribution >= 0.6 is 11.3 Å². The Morgan fingerprint density at radius 2 is 1.90 bits per heavy atom. The van der Waals surface area contributed by atoms with Crippen molar-refractivity contribution in [3.05, 3.63) is 21.9 Å². The summed E-state index contributed by atoms with van der Waals surface area (Å²) >= 11 is 1.79. The Labute approximate surface area is 128 Å². The number of rotatable bonds is 5. The van der Waals surface area contributed by atoms with Crippen molar-refractivity contribution in [3.8, 4) is 0 Å². The Morgan fingerprint density at radius 1 is 1.14 bits per heavy atom. The molecule has 21 heavy (non-hydrogen) atoms. The Kier molecular flexibility index (Phi) is 4.19. The molecule has 0 spiro atoms. The molecule has 6 nitrogen and oxygen atoms in total. The summed E-state index contributed by atoms with van der Waals surface area (Å²) < 4.78 is 0. The third kappa shape index (κ3) is 3.41. The topological polar surface area (TPSA) is 66.0 Å². The molecule has 3 rings (SSSR count). The van der Waals surface area contributed by atoms with Crippen LogP contribution in [0.2, 0.25) is 0 Å². The first kappa shape index (κ1) is 14.1. The molecule has 1 aliphatic rings. The summed E-state index contributed by atoms with van der Waals surface area (Å²) in [5.74, 6) is 2.00. The summed E-state index contributed by atoms with van der Waals surface area (Å²) in [4.78, 5) is 18.2. The molecule has 0 atom stereocenters. The van der Waals surface area contributed by atoms with E-state index in [0.29, 0.717) is 11.9 Å². The van der Waals surface area contributed by atoms with Crippen LogP contribution in [0.25, 0.3) is 0 Å². The van der Waals surface area contributed by atoms with Gasteiger partial charge in [0.1, 0.15) is 0 Å². The second kappa shape index (κ2) is 6.26. The van der Waals surface area contributed by atoms with E-state index in [0.717, 1.165) is 25.6 Å². The van der Waals surface area contributed by atoms with Crippen LogP contribution in [0.4, 0.5) is 17.8 Å². The highest BCUT2D eigenvalue weighted by Crippen LogP contribution is 2.20. The number of anilines is 3. The van der Waals surface area contributed by atoms with Crippen LogP contribution in [-0.2, 0) is 6.54 Å². The fourth-order valence-corrected chi connectivity index (χ4v) is 3.19. The van der Waals surface area contributed by atoms with Crippen molar-refractivity contribution in [3.63, 3.8) is 0 Å². The number of aromatic nitrogens is 3. The minimum atomic E-state index is 0.608. The second-order valence-electron chi connectivity index (χ2n) is 5.09. The first-order valence-electron chi connectivity index (χ1n) is 7.22. The highest BCUT2D eigenvalue weighted by Gasteiger charge is 2.17. The maximum Gasteiger partial charge on any atom is 0.231 e. The van der Waals surface area contributed by atoms with Crippen molar-refractivity contribution in [1.82, 2.24) is 15.0 Å². The van der Waals surface area contributed by atoms with Gasteiger partial charge in [0.2, 0.25) is 17.8 Å². The predicted octanol–water partition coefficient (Wildman–Crippen LogP) is 2.50. The summed E-state index contributed by atoms with van der Waals surface area (Å²) in [5, 5.41) is 6.30. The molecule has 0 aromatic carbocycles. The zero-order chi connectivity index (χ0) is 14.7. The van der Waals surface area contributed by atoms with Crippen LogP contribution in [-0.4, -0.2) is 35.1 Å². The maximum absolute atomic E-state index is 4.54. The van der Waals surface area contributed by atoms with Crippen LogP contribution in [0.1, 0.15) is 22.6 Å². The molecule has 2 N–H and O–H groups in total. The van der Waals surface area contributed by atoms with E-state index in [1.807, 2.05) is 7.05 Å². The normalized spacial score (nSPS) is 14.5. The SMILES string of the molecule is CNc1nc(NCc2ccc(C)s2)nc(N2CCCC2)n1. The van der Waals surface area contributed by atoms with Crippen LogP contribution in [0, 0.1) is 6.92 Å². The van der Waals surface area contributed by atoms with Crippen LogP contribution < -0.4 is 15.5 Å². The molecule has 2 aromatic heterocycles. The van der Waals surface area contributed by atoms with Gasteiger partial charge in [0.15, 0.2) is 0 Å². The van der Waals surface area contributed by atoms with E-state index in [-0.39, 0.29) is 0 Å². The van der Waals surface area contributed by atoms with Crippen molar-refractivity contribution in [1.29, 1.82) is 0 Å². The molecule has 112 valence electrons. The minimum absolute atomic E-state index is 0.608. The summed E-state index contributed by atoms with van der Waals surface area (Å²) in [6.45, 7) is 4.90. The van der Waals surface area contributed by atoms with Gasteiger partial charge in [-0.1, -0.05) is 0 Å². The summed E-state index contributed by atoms with van der Waals surface area (Å²) in [6, 6.07) is 4.26. The second-order valence-corrected chi connectivity index (χ2v) is 6.47. The Bertz CT molecular complexity index is 605. The number of aryl methyl sites for hydroxylation is 1. The van der Waals surface area contributed by atoms with Gasteiger partial charge in [-0.15, -0.1) is 11.3 Å². The smallest absolute Gasteiger partial charge is 0.231 e. The fourth-order valence-electron chi connectivity index (χ4n) is 2.36. The standard InChI is InChI=1S/C14H20N6S/c1-10-5-6-11(21-10)9-16-13-17-12(15-2)18-14(19-13)20-7-3-4-8-20/h5-6H,3-4,7-9H2,1-2H3,(H2,15,16,17,18,19). The molecule has 1 aliphatic heterocycles. The zero-order valence-electron chi connectivity index (χ0n) is 12.4. The minimum Gasteiger partial charge on any atom is -0.357 e. The Balaban J connectivity index is 1.75. The van der Waals surface area contributed by atoms with Crippen LogP contribution in [0.5, 0.6) is 0 Å². The third-order valence-electron chi connectivity index (χ3n) is 3.45. The largest absolute Gasteiger partial charge is 0.357 e. The number of nitrogens with zero attached hydrogens (tertiary/aromatic N) is 4. The molecule has 3 heterocycles. The molecular weight excluding hydrogens is 284 g/mol. The van der Waals surface area contributed by atoms with Crippen molar-refractivity contribution in [2.75, 3.05) is 35.7 Å². The lowest BCUT2D eigenvalue weighted by Gasteiger charge is -2.16. The quantitative estimate of drug-likeness (QED) is 0.885. The van der Waals surface area contributed by atoms with Crippen molar-refractivity contribution in [2.45, 2.75) is 26.3 Å². The van der Waals surface area contributed by atoms with E-state index in [1.165, 1.54) is 22.6 Å². The third-order valence-corrected chi connectivity index (χ3v) is 4.45. The summed E-state index contributed by atoms with van der Waals surface area (Å²) in [6.07, 6.45) is 2.41. The lowest BCUT2D eigenvalue weighted by Crippen LogP contribution is -2.22. The molecular formula is C14H20N6S. The van der Waals surface area contributed by atoms with Crippen LogP contribution in [0.3, 0.4) is 0 Å². The average molecular weight is 304 g/mol. The van der Waals surface area contributed by atoms with E-state index in [4.69, 9.17) is 0 Å². The number of hydrogen-bond donors (Lipinski definition) is 2. The monoisotopic (exact) mass is 304 g/mol. The number of thiophene rings is 1. The Hall–Kier alpha value is -1.89. The lowest BCUT2D eigenvalue weighted by atomic mass is 10.4. The van der Waals surface area contributed by atoms with Gasteiger partial charge >= 0.3 is 0 Å². The van der Waals surface area contributed by atoms with Crippen molar-refractivity contribution in [2.24, 2.45) is 0 Å². The van der Waals surface area contributed by atoms with Gasteiger partial charge in [-0.25, -0.2) is 0 Å². The molecule has 0 unspecified atom stereocenters. The molecule has 1 fully saturated rings.